The average molecular weight is 332 g/mol. The standard InChI is InChI=1S/C16H20N4O2S/c1-10-8-11(2)20(18-10)13-4-6-19(9-13)16(22)15-14(5-7-23-15)17-12(3)21/h5,7-8,13H,4,6,9H2,1-3H3,(H,17,21). The zero-order valence-electron chi connectivity index (χ0n) is 13.5. The summed E-state index contributed by atoms with van der Waals surface area (Å²) in [7, 11) is 0. The maximum absolute atomic E-state index is 12.7. The van der Waals surface area contributed by atoms with Crippen LogP contribution in [0.3, 0.4) is 0 Å². The number of anilines is 1. The van der Waals surface area contributed by atoms with E-state index in [1.807, 2.05) is 28.8 Å². The van der Waals surface area contributed by atoms with Gasteiger partial charge >= 0.3 is 0 Å². The number of nitrogens with zero attached hydrogens (tertiary/aromatic N) is 3. The summed E-state index contributed by atoms with van der Waals surface area (Å²) in [5.41, 5.74) is 2.72. The number of carbonyl (C=O) groups excluding carboxylic acids is 2. The zero-order chi connectivity index (χ0) is 16.6. The van der Waals surface area contributed by atoms with Crippen molar-refractivity contribution in [3.63, 3.8) is 0 Å². The van der Waals surface area contributed by atoms with Crippen molar-refractivity contribution in [1.82, 2.24) is 14.7 Å². The SMILES string of the molecule is CC(=O)Nc1ccsc1C(=O)N1CCC(n2nc(C)cc2C)C1. The van der Waals surface area contributed by atoms with Gasteiger partial charge < -0.3 is 10.2 Å². The summed E-state index contributed by atoms with van der Waals surface area (Å²) in [5, 5.41) is 9.08. The van der Waals surface area contributed by atoms with Gasteiger partial charge in [-0.1, -0.05) is 0 Å². The predicted octanol–water partition coefficient (Wildman–Crippen LogP) is 2.61. The molecule has 0 aliphatic carbocycles. The number of hydrogen-bond donors (Lipinski definition) is 1. The van der Waals surface area contributed by atoms with Gasteiger partial charge in [-0.25, -0.2) is 0 Å². The van der Waals surface area contributed by atoms with Crippen LogP contribution in [0.1, 0.15) is 40.4 Å². The van der Waals surface area contributed by atoms with Crippen LogP contribution in [-0.4, -0.2) is 39.6 Å². The van der Waals surface area contributed by atoms with Crippen LogP contribution in [0.25, 0.3) is 0 Å². The first-order valence-corrected chi connectivity index (χ1v) is 8.51. The highest BCUT2D eigenvalue weighted by Crippen LogP contribution is 2.29. The van der Waals surface area contributed by atoms with Crippen molar-refractivity contribution in [2.45, 2.75) is 33.2 Å². The van der Waals surface area contributed by atoms with Crippen molar-refractivity contribution in [1.29, 1.82) is 0 Å². The molecule has 7 heteroatoms. The Bertz CT molecular complexity index is 749. The predicted molar refractivity (Wildman–Crippen MR) is 89.9 cm³/mol. The number of likely N-dealkylation sites (tertiary alicyclic amines) is 1. The van der Waals surface area contributed by atoms with Gasteiger partial charge in [0.15, 0.2) is 0 Å². The van der Waals surface area contributed by atoms with Crippen molar-refractivity contribution in [2.24, 2.45) is 0 Å². The van der Waals surface area contributed by atoms with E-state index in [2.05, 4.69) is 16.5 Å². The summed E-state index contributed by atoms with van der Waals surface area (Å²) in [6, 6.07) is 4.05. The van der Waals surface area contributed by atoms with Crippen molar-refractivity contribution in [3.8, 4) is 0 Å². The second-order valence-corrected chi connectivity index (χ2v) is 6.83. The lowest BCUT2D eigenvalue weighted by Gasteiger charge is -2.17. The summed E-state index contributed by atoms with van der Waals surface area (Å²) in [4.78, 5) is 26.4. The molecule has 1 aliphatic rings. The van der Waals surface area contributed by atoms with Crippen LogP contribution >= 0.6 is 11.3 Å². The maximum atomic E-state index is 12.7. The second-order valence-electron chi connectivity index (χ2n) is 5.91. The number of hydrogen-bond acceptors (Lipinski definition) is 4. The van der Waals surface area contributed by atoms with Crippen molar-refractivity contribution >= 4 is 28.8 Å². The van der Waals surface area contributed by atoms with Crippen molar-refractivity contribution in [2.75, 3.05) is 18.4 Å². The molecule has 0 aromatic carbocycles. The minimum atomic E-state index is -0.167. The third-order valence-corrected chi connectivity index (χ3v) is 4.91. The molecule has 1 aliphatic heterocycles. The van der Waals surface area contributed by atoms with E-state index in [1.165, 1.54) is 18.3 Å². The molecule has 0 saturated carbocycles. The van der Waals surface area contributed by atoms with Crippen molar-refractivity contribution < 1.29 is 9.59 Å². The number of nitrogens with one attached hydrogen (secondary N) is 1. The molecule has 2 aromatic heterocycles. The molecule has 0 radical (unpaired) electrons. The van der Waals surface area contributed by atoms with Gasteiger partial charge in [0.25, 0.3) is 5.91 Å². The molecule has 1 N–H and O–H groups in total. The molecule has 0 bridgehead atoms. The van der Waals surface area contributed by atoms with Crippen LogP contribution in [0, 0.1) is 13.8 Å². The van der Waals surface area contributed by atoms with Crippen LogP contribution in [0.15, 0.2) is 17.5 Å². The van der Waals surface area contributed by atoms with Gasteiger partial charge in [0.05, 0.1) is 17.4 Å². The number of carbonyl (C=O) groups is 2. The number of amides is 2. The van der Waals surface area contributed by atoms with Gasteiger partial charge in [-0.2, -0.15) is 5.10 Å². The second kappa shape index (κ2) is 6.16. The van der Waals surface area contributed by atoms with E-state index in [0.29, 0.717) is 23.7 Å². The fourth-order valence-electron chi connectivity index (χ4n) is 3.05. The van der Waals surface area contributed by atoms with Crippen molar-refractivity contribution in [3.05, 3.63) is 33.8 Å². The monoisotopic (exact) mass is 332 g/mol. The molecule has 1 saturated heterocycles. The van der Waals surface area contributed by atoms with E-state index in [-0.39, 0.29) is 17.9 Å². The lowest BCUT2D eigenvalue weighted by molar-refractivity contribution is -0.114. The van der Waals surface area contributed by atoms with Crippen LogP contribution in [-0.2, 0) is 4.79 Å². The zero-order valence-corrected chi connectivity index (χ0v) is 14.3. The number of rotatable bonds is 3. The third-order valence-electron chi connectivity index (χ3n) is 4.01. The molecule has 1 fully saturated rings. The highest BCUT2D eigenvalue weighted by molar-refractivity contribution is 7.12. The highest BCUT2D eigenvalue weighted by atomic mass is 32.1. The quantitative estimate of drug-likeness (QED) is 0.939. The topological polar surface area (TPSA) is 67.2 Å². The largest absolute Gasteiger partial charge is 0.336 e. The van der Waals surface area contributed by atoms with Crippen LogP contribution in [0.4, 0.5) is 5.69 Å². The summed E-state index contributed by atoms with van der Waals surface area (Å²) >= 11 is 1.36. The Morgan fingerprint density at radius 3 is 2.83 bits per heavy atom. The van der Waals surface area contributed by atoms with E-state index < -0.39 is 0 Å². The normalized spacial score (nSPS) is 17.5. The minimum absolute atomic E-state index is 0.0206. The Labute approximate surface area is 139 Å². The lowest BCUT2D eigenvalue weighted by atomic mass is 10.2. The van der Waals surface area contributed by atoms with E-state index in [1.54, 1.807) is 6.07 Å². The Morgan fingerprint density at radius 2 is 2.17 bits per heavy atom. The molecule has 1 atom stereocenters. The van der Waals surface area contributed by atoms with E-state index in [9.17, 15) is 9.59 Å². The molecule has 1 unspecified atom stereocenters. The van der Waals surface area contributed by atoms with Gasteiger partial charge in [-0.05, 0) is 37.8 Å². The molecular formula is C16H20N4O2S. The number of thiophene rings is 1. The number of aryl methyl sites for hydroxylation is 2. The average Bonchev–Trinajstić information content (AvgIpc) is 3.17. The first-order valence-electron chi connectivity index (χ1n) is 7.63. The fraction of sp³-hybridized carbons (Fsp3) is 0.438. The summed E-state index contributed by atoms with van der Waals surface area (Å²) in [5.74, 6) is -0.188. The molecular weight excluding hydrogens is 312 g/mol. The molecule has 2 aromatic rings. The van der Waals surface area contributed by atoms with Gasteiger partial charge in [-0.3, -0.25) is 14.3 Å². The first kappa shape index (κ1) is 15.7. The Balaban J connectivity index is 1.74. The smallest absolute Gasteiger partial charge is 0.266 e. The molecule has 3 heterocycles. The number of aromatic nitrogens is 2. The van der Waals surface area contributed by atoms with E-state index >= 15 is 0 Å². The van der Waals surface area contributed by atoms with E-state index in [4.69, 9.17) is 0 Å². The van der Waals surface area contributed by atoms with Gasteiger partial charge in [0.2, 0.25) is 5.91 Å². The Kier molecular flexibility index (Phi) is 4.21. The molecule has 23 heavy (non-hydrogen) atoms. The lowest BCUT2D eigenvalue weighted by Crippen LogP contribution is -2.29. The fourth-order valence-corrected chi connectivity index (χ4v) is 3.86. The molecule has 3 rings (SSSR count). The van der Waals surface area contributed by atoms with Crippen LogP contribution in [0.5, 0.6) is 0 Å². The summed E-state index contributed by atoms with van der Waals surface area (Å²) in [6.07, 6.45) is 0.897. The highest BCUT2D eigenvalue weighted by Gasteiger charge is 2.30. The van der Waals surface area contributed by atoms with Crippen LogP contribution in [0.2, 0.25) is 0 Å². The molecule has 0 spiro atoms. The van der Waals surface area contributed by atoms with E-state index in [0.717, 1.165) is 17.8 Å². The molecule has 2 amide bonds. The Hall–Kier alpha value is -2.15. The minimum Gasteiger partial charge on any atom is -0.336 e. The van der Waals surface area contributed by atoms with Gasteiger partial charge in [-0.15, -0.1) is 11.3 Å². The summed E-state index contributed by atoms with van der Waals surface area (Å²) in [6.45, 7) is 6.82. The summed E-state index contributed by atoms with van der Waals surface area (Å²) < 4.78 is 2.02. The first-order chi connectivity index (χ1) is 11.0. The Morgan fingerprint density at radius 1 is 1.39 bits per heavy atom. The molecule has 122 valence electrons. The van der Waals surface area contributed by atoms with Gasteiger partial charge in [0, 0.05) is 25.7 Å². The van der Waals surface area contributed by atoms with Crippen LogP contribution < -0.4 is 5.32 Å². The van der Waals surface area contributed by atoms with Gasteiger partial charge in [0.1, 0.15) is 4.88 Å². The molecule has 6 nitrogen and oxygen atoms in total. The maximum Gasteiger partial charge on any atom is 0.266 e. The third kappa shape index (κ3) is 3.14.